The standard InChI is InChI=1S/C12H22N2O2/c1-3-8-14(9-10-16-2)12(15)11-6-4-5-7-13-11/h3,11,13H,1,4-10H2,2H3/t11-/m1/s1. The van der Waals surface area contributed by atoms with E-state index in [1.54, 1.807) is 18.1 Å². The highest BCUT2D eigenvalue weighted by atomic mass is 16.5. The summed E-state index contributed by atoms with van der Waals surface area (Å²) in [5.74, 6) is 0.177. The second kappa shape index (κ2) is 7.41. The summed E-state index contributed by atoms with van der Waals surface area (Å²) in [6, 6.07) is -0.00874. The molecule has 0 aromatic carbocycles. The molecule has 1 rings (SSSR count). The molecule has 1 amide bonds. The lowest BCUT2D eigenvalue weighted by Gasteiger charge is -2.29. The van der Waals surface area contributed by atoms with Crippen molar-refractivity contribution in [1.29, 1.82) is 0 Å². The zero-order chi connectivity index (χ0) is 11.8. The number of amides is 1. The molecule has 0 aliphatic carbocycles. The Labute approximate surface area is 97.6 Å². The Morgan fingerprint density at radius 2 is 2.44 bits per heavy atom. The summed E-state index contributed by atoms with van der Waals surface area (Å²) in [5.41, 5.74) is 0. The maximum atomic E-state index is 12.2. The number of nitrogens with zero attached hydrogens (tertiary/aromatic N) is 1. The molecule has 0 unspecified atom stereocenters. The van der Waals surface area contributed by atoms with Crippen molar-refractivity contribution in [3.8, 4) is 0 Å². The van der Waals surface area contributed by atoms with Gasteiger partial charge in [-0.15, -0.1) is 6.58 Å². The molecular formula is C12H22N2O2. The highest BCUT2D eigenvalue weighted by Crippen LogP contribution is 2.09. The molecular weight excluding hydrogens is 204 g/mol. The maximum Gasteiger partial charge on any atom is 0.240 e. The molecule has 0 spiro atoms. The number of ether oxygens (including phenoxy) is 1. The van der Waals surface area contributed by atoms with E-state index in [0.29, 0.717) is 19.7 Å². The first-order chi connectivity index (χ1) is 7.79. The highest BCUT2D eigenvalue weighted by molar-refractivity contribution is 5.82. The molecule has 4 heteroatoms. The highest BCUT2D eigenvalue weighted by Gasteiger charge is 2.24. The lowest BCUT2D eigenvalue weighted by Crippen LogP contribution is -2.49. The van der Waals surface area contributed by atoms with Gasteiger partial charge in [0.05, 0.1) is 12.6 Å². The third-order valence-corrected chi connectivity index (χ3v) is 2.83. The number of carbonyl (C=O) groups excluding carboxylic acids is 1. The summed E-state index contributed by atoms with van der Waals surface area (Å²) in [5, 5.41) is 3.27. The Morgan fingerprint density at radius 3 is 3.00 bits per heavy atom. The number of nitrogens with one attached hydrogen (secondary N) is 1. The second-order valence-corrected chi connectivity index (χ2v) is 4.07. The normalized spacial score (nSPS) is 20.4. The van der Waals surface area contributed by atoms with Gasteiger partial charge in [-0.3, -0.25) is 4.79 Å². The van der Waals surface area contributed by atoms with Gasteiger partial charge < -0.3 is 15.0 Å². The molecule has 1 aliphatic rings. The molecule has 1 saturated heterocycles. The van der Waals surface area contributed by atoms with Crippen molar-refractivity contribution in [3.63, 3.8) is 0 Å². The number of rotatable bonds is 6. The SMILES string of the molecule is C=CCN(CCOC)C(=O)[C@H]1CCCCN1. The van der Waals surface area contributed by atoms with E-state index in [-0.39, 0.29) is 11.9 Å². The van der Waals surface area contributed by atoms with Crippen LogP contribution in [0.25, 0.3) is 0 Å². The first-order valence-corrected chi connectivity index (χ1v) is 5.91. The molecule has 0 bridgehead atoms. The van der Waals surface area contributed by atoms with Crippen molar-refractivity contribution in [3.05, 3.63) is 12.7 Å². The van der Waals surface area contributed by atoms with Crippen LogP contribution < -0.4 is 5.32 Å². The van der Waals surface area contributed by atoms with E-state index >= 15 is 0 Å². The topological polar surface area (TPSA) is 41.6 Å². The zero-order valence-corrected chi connectivity index (χ0v) is 10.1. The number of carbonyl (C=O) groups is 1. The molecule has 4 nitrogen and oxygen atoms in total. The van der Waals surface area contributed by atoms with Crippen molar-refractivity contribution in [2.24, 2.45) is 0 Å². The van der Waals surface area contributed by atoms with Gasteiger partial charge in [-0.25, -0.2) is 0 Å². The van der Waals surface area contributed by atoms with E-state index < -0.39 is 0 Å². The van der Waals surface area contributed by atoms with E-state index in [2.05, 4.69) is 11.9 Å². The number of methoxy groups -OCH3 is 1. The van der Waals surface area contributed by atoms with Gasteiger partial charge in [0, 0.05) is 20.2 Å². The van der Waals surface area contributed by atoms with E-state index in [4.69, 9.17) is 4.74 Å². The molecule has 16 heavy (non-hydrogen) atoms. The smallest absolute Gasteiger partial charge is 0.240 e. The maximum absolute atomic E-state index is 12.2. The van der Waals surface area contributed by atoms with Crippen LogP contribution in [0.5, 0.6) is 0 Å². The van der Waals surface area contributed by atoms with Crippen molar-refractivity contribution < 1.29 is 9.53 Å². The quantitative estimate of drug-likeness (QED) is 0.681. The zero-order valence-electron chi connectivity index (χ0n) is 10.1. The molecule has 0 radical (unpaired) electrons. The average molecular weight is 226 g/mol. The first-order valence-electron chi connectivity index (χ1n) is 5.91. The third kappa shape index (κ3) is 3.94. The Morgan fingerprint density at radius 1 is 1.62 bits per heavy atom. The minimum Gasteiger partial charge on any atom is -0.383 e. The Hall–Kier alpha value is -0.870. The van der Waals surface area contributed by atoms with Crippen molar-refractivity contribution in [1.82, 2.24) is 10.2 Å². The molecule has 1 heterocycles. The summed E-state index contributed by atoms with van der Waals surface area (Å²) in [7, 11) is 1.65. The summed E-state index contributed by atoms with van der Waals surface area (Å²) in [6.45, 7) is 6.44. The minimum absolute atomic E-state index is 0.00874. The van der Waals surface area contributed by atoms with Crippen LogP contribution in [0, 0.1) is 0 Å². The van der Waals surface area contributed by atoms with Crippen LogP contribution in [0.3, 0.4) is 0 Å². The third-order valence-electron chi connectivity index (χ3n) is 2.83. The van der Waals surface area contributed by atoms with Gasteiger partial charge in [0.2, 0.25) is 5.91 Å². The molecule has 0 aromatic heterocycles. The number of hydrogen-bond acceptors (Lipinski definition) is 3. The molecule has 1 fully saturated rings. The molecule has 1 aliphatic heterocycles. The summed E-state index contributed by atoms with van der Waals surface area (Å²) >= 11 is 0. The van der Waals surface area contributed by atoms with Gasteiger partial charge in [0.15, 0.2) is 0 Å². The summed E-state index contributed by atoms with van der Waals surface area (Å²) in [6.07, 6.45) is 5.01. The molecule has 1 atom stereocenters. The lowest BCUT2D eigenvalue weighted by atomic mass is 10.0. The summed E-state index contributed by atoms with van der Waals surface area (Å²) < 4.78 is 5.01. The van der Waals surface area contributed by atoms with Crippen molar-refractivity contribution in [2.75, 3.05) is 33.4 Å². The van der Waals surface area contributed by atoms with Gasteiger partial charge in [0.25, 0.3) is 0 Å². The Bertz CT molecular complexity index is 225. The van der Waals surface area contributed by atoms with Crippen molar-refractivity contribution >= 4 is 5.91 Å². The van der Waals surface area contributed by atoms with E-state index in [9.17, 15) is 4.79 Å². The van der Waals surface area contributed by atoms with E-state index in [0.717, 1.165) is 19.4 Å². The van der Waals surface area contributed by atoms with Crippen LogP contribution >= 0.6 is 0 Å². The largest absolute Gasteiger partial charge is 0.383 e. The molecule has 1 N–H and O–H groups in total. The van der Waals surface area contributed by atoms with Gasteiger partial charge >= 0.3 is 0 Å². The first kappa shape index (κ1) is 13.2. The van der Waals surface area contributed by atoms with Crippen LogP contribution in [-0.4, -0.2) is 50.2 Å². The fourth-order valence-corrected chi connectivity index (χ4v) is 1.93. The van der Waals surface area contributed by atoms with Gasteiger partial charge in [-0.05, 0) is 19.4 Å². The van der Waals surface area contributed by atoms with Gasteiger partial charge in [0.1, 0.15) is 0 Å². The van der Waals surface area contributed by atoms with Crippen LogP contribution in [0.4, 0.5) is 0 Å². The van der Waals surface area contributed by atoms with Crippen LogP contribution in [0.15, 0.2) is 12.7 Å². The van der Waals surface area contributed by atoms with E-state index in [1.165, 1.54) is 6.42 Å². The Kier molecular flexibility index (Phi) is 6.11. The van der Waals surface area contributed by atoms with E-state index in [1.807, 2.05) is 0 Å². The van der Waals surface area contributed by atoms with Crippen LogP contribution in [0.1, 0.15) is 19.3 Å². The number of piperidine rings is 1. The minimum atomic E-state index is -0.00874. The van der Waals surface area contributed by atoms with Crippen LogP contribution in [-0.2, 0) is 9.53 Å². The fourth-order valence-electron chi connectivity index (χ4n) is 1.93. The predicted octanol–water partition coefficient (Wildman–Crippen LogP) is 0.789. The second-order valence-electron chi connectivity index (χ2n) is 4.07. The summed E-state index contributed by atoms with van der Waals surface area (Å²) in [4.78, 5) is 14.0. The monoisotopic (exact) mass is 226 g/mol. The fraction of sp³-hybridized carbons (Fsp3) is 0.750. The van der Waals surface area contributed by atoms with Crippen LogP contribution in [0.2, 0.25) is 0 Å². The average Bonchev–Trinajstić information content (AvgIpc) is 2.35. The molecule has 92 valence electrons. The molecule has 0 saturated carbocycles. The number of hydrogen-bond donors (Lipinski definition) is 1. The molecule has 0 aromatic rings. The predicted molar refractivity (Wildman–Crippen MR) is 64.3 cm³/mol. The lowest BCUT2D eigenvalue weighted by molar-refractivity contribution is -0.134. The Balaban J connectivity index is 2.47. The van der Waals surface area contributed by atoms with Gasteiger partial charge in [-0.1, -0.05) is 12.5 Å². The van der Waals surface area contributed by atoms with Gasteiger partial charge in [-0.2, -0.15) is 0 Å². The van der Waals surface area contributed by atoms with Crippen molar-refractivity contribution in [2.45, 2.75) is 25.3 Å².